The number of nitrogens with one attached hydrogen (secondary N) is 2. The molecule has 0 saturated heterocycles. The maximum atomic E-state index is 5.28. The van der Waals surface area contributed by atoms with Crippen molar-refractivity contribution in [3.8, 4) is 0 Å². The molecule has 0 aromatic rings. The lowest BCUT2D eigenvalue weighted by atomic mass is 9.71. The summed E-state index contributed by atoms with van der Waals surface area (Å²) in [4.78, 5) is 0. The van der Waals surface area contributed by atoms with Gasteiger partial charge in [0.15, 0.2) is 5.11 Å². The van der Waals surface area contributed by atoms with Crippen LogP contribution in [0.2, 0.25) is 0 Å². The minimum absolute atomic E-state index is 0.464. The predicted molar refractivity (Wildman–Crippen MR) is 79.2 cm³/mol. The molecule has 0 radical (unpaired) electrons. The Kier molecular flexibility index (Phi) is 5.71. The topological polar surface area (TPSA) is 24.1 Å². The van der Waals surface area contributed by atoms with E-state index in [0.29, 0.717) is 11.5 Å². The van der Waals surface area contributed by atoms with Crippen LogP contribution in [0.15, 0.2) is 0 Å². The van der Waals surface area contributed by atoms with Gasteiger partial charge in [0.05, 0.1) is 0 Å². The van der Waals surface area contributed by atoms with E-state index in [1.165, 1.54) is 25.7 Å². The first-order valence-corrected chi connectivity index (χ1v) is 7.38. The van der Waals surface area contributed by atoms with E-state index in [2.05, 4.69) is 38.3 Å². The van der Waals surface area contributed by atoms with Gasteiger partial charge in [-0.15, -0.1) is 0 Å². The number of hydrogen-bond acceptors (Lipinski definition) is 1. The molecule has 2 nitrogen and oxygen atoms in total. The van der Waals surface area contributed by atoms with Crippen LogP contribution in [0.3, 0.4) is 0 Å². The first-order valence-electron chi connectivity index (χ1n) is 6.98. The van der Waals surface area contributed by atoms with Gasteiger partial charge in [0.2, 0.25) is 0 Å². The van der Waals surface area contributed by atoms with Gasteiger partial charge >= 0.3 is 0 Å². The van der Waals surface area contributed by atoms with Crippen molar-refractivity contribution >= 4 is 17.3 Å². The first kappa shape index (κ1) is 14.7. The Bertz CT molecular complexity index is 237. The van der Waals surface area contributed by atoms with E-state index < -0.39 is 0 Å². The molecule has 0 heterocycles. The average molecular weight is 256 g/mol. The second-order valence-electron chi connectivity index (χ2n) is 6.31. The molecular weight excluding hydrogens is 228 g/mol. The molecule has 0 spiro atoms. The summed E-state index contributed by atoms with van der Waals surface area (Å²) in [7, 11) is 0. The van der Waals surface area contributed by atoms with Crippen molar-refractivity contribution in [2.45, 2.75) is 65.8 Å². The molecule has 0 atom stereocenters. The Balaban J connectivity index is 2.25. The number of thiocarbonyl (C=S) groups is 1. The molecule has 1 fully saturated rings. The second-order valence-corrected chi connectivity index (χ2v) is 6.72. The van der Waals surface area contributed by atoms with Crippen LogP contribution in [0.5, 0.6) is 0 Å². The summed E-state index contributed by atoms with van der Waals surface area (Å²) in [5.41, 5.74) is 0.464. The molecule has 0 aromatic heterocycles. The third-order valence-corrected chi connectivity index (χ3v) is 4.08. The zero-order chi connectivity index (χ0) is 12.9. The molecule has 0 bridgehead atoms. The zero-order valence-corrected chi connectivity index (χ0v) is 12.6. The lowest BCUT2D eigenvalue weighted by molar-refractivity contribution is 0.165. The molecule has 1 aliphatic carbocycles. The molecule has 1 rings (SSSR count). The van der Waals surface area contributed by atoms with E-state index in [1.807, 2.05) is 0 Å². The quantitative estimate of drug-likeness (QED) is 0.756. The van der Waals surface area contributed by atoms with E-state index in [9.17, 15) is 0 Å². The first-order chi connectivity index (χ1) is 7.93. The van der Waals surface area contributed by atoms with Crippen LogP contribution in [0.1, 0.15) is 59.8 Å². The monoisotopic (exact) mass is 256 g/mol. The highest BCUT2D eigenvalue weighted by atomic mass is 32.1. The fourth-order valence-electron chi connectivity index (χ4n) is 2.58. The minimum Gasteiger partial charge on any atom is -0.363 e. The molecule has 1 aliphatic rings. The minimum atomic E-state index is 0.464. The van der Waals surface area contributed by atoms with Gasteiger partial charge in [0.25, 0.3) is 0 Å². The normalized spacial score (nSPS) is 25.4. The molecule has 0 aromatic carbocycles. The van der Waals surface area contributed by atoms with Crippen molar-refractivity contribution in [1.82, 2.24) is 10.6 Å². The maximum Gasteiger partial charge on any atom is 0.166 e. The van der Waals surface area contributed by atoms with E-state index in [4.69, 9.17) is 12.2 Å². The van der Waals surface area contributed by atoms with Gasteiger partial charge in [-0.2, -0.15) is 0 Å². The highest BCUT2D eigenvalue weighted by Gasteiger charge is 2.29. The molecule has 0 amide bonds. The van der Waals surface area contributed by atoms with Gasteiger partial charge in [0.1, 0.15) is 0 Å². The van der Waals surface area contributed by atoms with Crippen LogP contribution < -0.4 is 10.6 Å². The lowest BCUT2D eigenvalue weighted by Crippen LogP contribution is -2.44. The largest absolute Gasteiger partial charge is 0.363 e. The Morgan fingerprint density at radius 3 is 2.24 bits per heavy atom. The highest BCUT2D eigenvalue weighted by Crippen LogP contribution is 2.37. The van der Waals surface area contributed by atoms with Crippen molar-refractivity contribution in [2.24, 2.45) is 11.3 Å². The molecule has 100 valence electrons. The summed E-state index contributed by atoms with van der Waals surface area (Å²) in [5.74, 6) is 0.873. The molecule has 0 unspecified atom stereocenters. The summed E-state index contributed by atoms with van der Waals surface area (Å²) in [5, 5.41) is 7.53. The van der Waals surface area contributed by atoms with Crippen molar-refractivity contribution in [3.63, 3.8) is 0 Å². The molecular formula is C14H28N2S. The van der Waals surface area contributed by atoms with Crippen LogP contribution >= 0.6 is 12.2 Å². The fourth-order valence-corrected chi connectivity index (χ4v) is 2.85. The van der Waals surface area contributed by atoms with E-state index in [-0.39, 0.29) is 0 Å². The highest BCUT2D eigenvalue weighted by molar-refractivity contribution is 7.80. The van der Waals surface area contributed by atoms with Crippen LogP contribution in [0.4, 0.5) is 0 Å². The van der Waals surface area contributed by atoms with Gasteiger partial charge in [-0.1, -0.05) is 27.7 Å². The summed E-state index contributed by atoms with van der Waals surface area (Å²) >= 11 is 5.28. The summed E-state index contributed by atoms with van der Waals surface area (Å²) in [6, 6.07) is 0.588. The molecule has 1 saturated carbocycles. The molecule has 17 heavy (non-hydrogen) atoms. The standard InChI is InChI=1S/C14H28N2S/c1-5-10-15-13(17)16-12-8-6-11(7-9-12)14(2,3)4/h11-12H,5-10H2,1-4H3,(H2,15,16,17). The lowest BCUT2D eigenvalue weighted by Gasteiger charge is -2.37. The third kappa shape index (κ3) is 5.24. The van der Waals surface area contributed by atoms with Gasteiger partial charge in [-0.3, -0.25) is 0 Å². The molecule has 3 heteroatoms. The zero-order valence-electron chi connectivity index (χ0n) is 11.8. The van der Waals surface area contributed by atoms with Crippen molar-refractivity contribution < 1.29 is 0 Å². The number of rotatable bonds is 3. The summed E-state index contributed by atoms with van der Waals surface area (Å²) < 4.78 is 0. The van der Waals surface area contributed by atoms with Gasteiger partial charge < -0.3 is 10.6 Å². The number of hydrogen-bond donors (Lipinski definition) is 2. The fraction of sp³-hybridized carbons (Fsp3) is 0.929. The molecule has 2 N–H and O–H groups in total. The van der Waals surface area contributed by atoms with Crippen LogP contribution in [0, 0.1) is 11.3 Å². The van der Waals surface area contributed by atoms with Crippen molar-refractivity contribution in [2.75, 3.05) is 6.54 Å². The van der Waals surface area contributed by atoms with Crippen LogP contribution in [-0.2, 0) is 0 Å². The maximum absolute atomic E-state index is 5.28. The smallest absolute Gasteiger partial charge is 0.166 e. The van der Waals surface area contributed by atoms with Crippen LogP contribution in [-0.4, -0.2) is 17.7 Å². The Morgan fingerprint density at radius 1 is 1.18 bits per heavy atom. The van der Waals surface area contributed by atoms with Gasteiger partial charge in [-0.25, -0.2) is 0 Å². The van der Waals surface area contributed by atoms with Crippen molar-refractivity contribution in [3.05, 3.63) is 0 Å². The summed E-state index contributed by atoms with van der Waals surface area (Å²) in [6.45, 7) is 10.2. The second kappa shape index (κ2) is 6.58. The average Bonchev–Trinajstić information content (AvgIpc) is 2.26. The molecule has 0 aliphatic heterocycles. The Hall–Kier alpha value is -0.310. The SMILES string of the molecule is CCCNC(=S)NC1CCC(C(C)(C)C)CC1. The van der Waals surface area contributed by atoms with E-state index in [1.54, 1.807) is 0 Å². The van der Waals surface area contributed by atoms with E-state index >= 15 is 0 Å². The van der Waals surface area contributed by atoms with Gasteiger partial charge in [-0.05, 0) is 55.7 Å². The van der Waals surface area contributed by atoms with Crippen molar-refractivity contribution in [1.29, 1.82) is 0 Å². The predicted octanol–water partition coefficient (Wildman–Crippen LogP) is 3.47. The Morgan fingerprint density at radius 2 is 1.76 bits per heavy atom. The van der Waals surface area contributed by atoms with E-state index in [0.717, 1.165) is 24.0 Å². The van der Waals surface area contributed by atoms with Gasteiger partial charge in [0, 0.05) is 12.6 Å². The Labute approximate surface area is 112 Å². The summed E-state index contributed by atoms with van der Waals surface area (Å²) in [6.07, 6.45) is 6.31. The third-order valence-electron chi connectivity index (χ3n) is 3.82. The van der Waals surface area contributed by atoms with Crippen LogP contribution in [0.25, 0.3) is 0 Å².